The third-order valence-electron chi connectivity index (χ3n) is 2.81. The zero-order valence-electron chi connectivity index (χ0n) is 11.1. The second-order valence-corrected chi connectivity index (χ2v) is 5.75. The number of carboxylic acid groups (broad SMARTS) is 1. The van der Waals surface area contributed by atoms with Gasteiger partial charge < -0.3 is 10.0 Å². The number of amides is 1. The van der Waals surface area contributed by atoms with Gasteiger partial charge in [-0.3, -0.25) is 9.59 Å². The predicted molar refractivity (Wildman–Crippen MR) is 82.0 cm³/mol. The van der Waals surface area contributed by atoms with Gasteiger partial charge in [0.25, 0.3) is 0 Å². The van der Waals surface area contributed by atoms with Gasteiger partial charge in [-0.1, -0.05) is 18.2 Å². The van der Waals surface area contributed by atoms with Gasteiger partial charge in [-0.2, -0.15) is 0 Å². The number of nitrogens with zero attached hydrogens (tertiary/aromatic N) is 1. The van der Waals surface area contributed by atoms with Crippen molar-refractivity contribution in [2.75, 3.05) is 6.54 Å². The van der Waals surface area contributed by atoms with Crippen LogP contribution in [0.2, 0.25) is 0 Å². The van der Waals surface area contributed by atoms with Crippen LogP contribution < -0.4 is 0 Å². The lowest BCUT2D eigenvalue weighted by atomic mass is 10.1. The lowest BCUT2D eigenvalue weighted by Gasteiger charge is -2.26. The van der Waals surface area contributed by atoms with Crippen LogP contribution in [0.15, 0.2) is 24.3 Å². The van der Waals surface area contributed by atoms with Crippen molar-refractivity contribution < 1.29 is 14.7 Å². The maximum atomic E-state index is 12.2. The van der Waals surface area contributed by atoms with E-state index < -0.39 is 5.97 Å². The van der Waals surface area contributed by atoms with Crippen molar-refractivity contribution >= 4 is 34.5 Å². The molecule has 1 N–H and O–H groups in total. The number of aliphatic carboxylic acids is 1. The van der Waals surface area contributed by atoms with Crippen molar-refractivity contribution in [1.82, 2.24) is 4.90 Å². The van der Waals surface area contributed by atoms with Gasteiger partial charge in [0.15, 0.2) is 0 Å². The number of hydrogen-bond donors (Lipinski definition) is 1. The fraction of sp³-hybridized carbons (Fsp3) is 0.429. The maximum absolute atomic E-state index is 12.2. The Morgan fingerprint density at radius 2 is 1.95 bits per heavy atom. The molecule has 104 valence electrons. The largest absolute Gasteiger partial charge is 0.481 e. The van der Waals surface area contributed by atoms with E-state index in [0.717, 1.165) is 9.13 Å². The molecule has 1 rings (SSSR count). The summed E-state index contributed by atoms with van der Waals surface area (Å²) in [7, 11) is 0. The lowest BCUT2D eigenvalue weighted by Crippen LogP contribution is -2.39. The average Bonchev–Trinajstić information content (AvgIpc) is 2.31. The van der Waals surface area contributed by atoms with Crippen molar-refractivity contribution in [3.05, 3.63) is 33.4 Å². The van der Waals surface area contributed by atoms with Crippen LogP contribution in [0.5, 0.6) is 0 Å². The molecule has 19 heavy (non-hydrogen) atoms. The van der Waals surface area contributed by atoms with Crippen LogP contribution in [-0.4, -0.2) is 34.5 Å². The minimum Gasteiger partial charge on any atom is -0.481 e. The molecular weight excluding hydrogens is 357 g/mol. The molecular formula is C14H18INO3. The Labute approximate surface area is 126 Å². The smallest absolute Gasteiger partial charge is 0.305 e. The number of carboxylic acids is 1. The molecule has 4 nitrogen and oxygen atoms in total. The van der Waals surface area contributed by atoms with E-state index in [1.165, 1.54) is 0 Å². The monoisotopic (exact) mass is 375 g/mol. The van der Waals surface area contributed by atoms with Crippen LogP contribution in [0.1, 0.15) is 25.8 Å². The number of carbonyl (C=O) groups excluding carboxylic acids is 1. The molecule has 0 aliphatic rings. The molecule has 0 aliphatic heterocycles. The molecule has 0 bridgehead atoms. The fourth-order valence-corrected chi connectivity index (χ4v) is 2.37. The maximum Gasteiger partial charge on any atom is 0.305 e. The first-order valence-corrected chi connectivity index (χ1v) is 7.24. The summed E-state index contributed by atoms with van der Waals surface area (Å²) in [5.74, 6) is -0.909. The highest BCUT2D eigenvalue weighted by Gasteiger charge is 2.18. The zero-order valence-corrected chi connectivity index (χ0v) is 13.3. The van der Waals surface area contributed by atoms with Crippen LogP contribution in [0.3, 0.4) is 0 Å². The van der Waals surface area contributed by atoms with Crippen LogP contribution in [0, 0.1) is 3.57 Å². The lowest BCUT2D eigenvalue weighted by molar-refractivity contribution is -0.139. The first-order chi connectivity index (χ1) is 8.91. The SMILES string of the molecule is CC(C)N(CCC(=O)O)C(=O)Cc1ccccc1I. The van der Waals surface area contributed by atoms with E-state index in [-0.39, 0.29) is 24.9 Å². The summed E-state index contributed by atoms with van der Waals surface area (Å²) in [5, 5.41) is 8.72. The summed E-state index contributed by atoms with van der Waals surface area (Å²) in [6.07, 6.45) is 0.298. The van der Waals surface area contributed by atoms with Gasteiger partial charge in [-0.25, -0.2) is 0 Å². The molecule has 0 fully saturated rings. The number of rotatable bonds is 6. The van der Waals surface area contributed by atoms with Crippen molar-refractivity contribution in [3.63, 3.8) is 0 Å². The van der Waals surface area contributed by atoms with Gasteiger partial charge >= 0.3 is 5.97 Å². The number of carbonyl (C=O) groups is 2. The number of benzene rings is 1. The van der Waals surface area contributed by atoms with Crippen LogP contribution in [0.25, 0.3) is 0 Å². The van der Waals surface area contributed by atoms with Gasteiger partial charge in [0, 0.05) is 16.2 Å². The number of halogens is 1. The van der Waals surface area contributed by atoms with Crippen molar-refractivity contribution in [2.45, 2.75) is 32.7 Å². The summed E-state index contributed by atoms with van der Waals surface area (Å²) in [5.41, 5.74) is 0.981. The first-order valence-electron chi connectivity index (χ1n) is 6.16. The fourth-order valence-electron chi connectivity index (χ4n) is 1.79. The van der Waals surface area contributed by atoms with Crippen molar-refractivity contribution in [1.29, 1.82) is 0 Å². The van der Waals surface area contributed by atoms with Gasteiger partial charge in [0.1, 0.15) is 0 Å². The van der Waals surface area contributed by atoms with Gasteiger partial charge in [0.2, 0.25) is 5.91 Å². The third kappa shape index (κ3) is 5.18. The molecule has 0 aliphatic carbocycles. The van der Waals surface area contributed by atoms with E-state index in [1.807, 2.05) is 38.1 Å². The van der Waals surface area contributed by atoms with E-state index >= 15 is 0 Å². The van der Waals surface area contributed by atoms with Gasteiger partial charge in [-0.15, -0.1) is 0 Å². The molecule has 0 atom stereocenters. The average molecular weight is 375 g/mol. The molecule has 0 spiro atoms. The normalized spacial score (nSPS) is 10.5. The van der Waals surface area contributed by atoms with Gasteiger partial charge in [-0.05, 0) is 48.1 Å². The summed E-state index contributed by atoms with van der Waals surface area (Å²) >= 11 is 2.20. The quantitative estimate of drug-likeness (QED) is 0.778. The van der Waals surface area contributed by atoms with Crippen molar-refractivity contribution in [2.24, 2.45) is 0 Å². The first kappa shape index (κ1) is 15.9. The Morgan fingerprint density at radius 3 is 2.47 bits per heavy atom. The molecule has 1 aromatic rings. The van der Waals surface area contributed by atoms with E-state index in [1.54, 1.807) is 4.90 Å². The van der Waals surface area contributed by atoms with E-state index in [0.29, 0.717) is 6.42 Å². The highest BCUT2D eigenvalue weighted by atomic mass is 127. The summed E-state index contributed by atoms with van der Waals surface area (Å²) in [6.45, 7) is 4.06. The van der Waals surface area contributed by atoms with E-state index in [2.05, 4.69) is 22.6 Å². The Kier molecular flexibility index (Phi) is 6.27. The molecule has 0 saturated carbocycles. The van der Waals surface area contributed by atoms with Crippen molar-refractivity contribution in [3.8, 4) is 0 Å². The highest BCUT2D eigenvalue weighted by Crippen LogP contribution is 2.14. The van der Waals surface area contributed by atoms with Gasteiger partial charge in [0.05, 0.1) is 12.8 Å². The molecule has 5 heteroatoms. The Morgan fingerprint density at radius 1 is 1.32 bits per heavy atom. The summed E-state index contributed by atoms with van der Waals surface area (Å²) in [6, 6.07) is 7.73. The predicted octanol–water partition coefficient (Wildman–Crippen LogP) is 2.55. The Bertz CT molecular complexity index is 460. The Hall–Kier alpha value is -1.11. The van der Waals surface area contributed by atoms with E-state index in [9.17, 15) is 9.59 Å². The van der Waals surface area contributed by atoms with Crippen LogP contribution >= 0.6 is 22.6 Å². The molecule has 1 aromatic carbocycles. The van der Waals surface area contributed by atoms with Crippen LogP contribution in [0.4, 0.5) is 0 Å². The number of hydrogen-bond acceptors (Lipinski definition) is 2. The second-order valence-electron chi connectivity index (χ2n) is 4.59. The third-order valence-corrected chi connectivity index (χ3v) is 3.86. The summed E-state index contributed by atoms with van der Waals surface area (Å²) in [4.78, 5) is 24.5. The minimum absolute atomic E-state index is 0.00761. The summed E-state index contributed by atoms with van der Waals surface area (Å²) < 4.78 is 1.05. The minimum atomic E-state index is -0.882. The molecule has 0 saturated heterocycles. The molecule has 0 radical (unpaired) electrons. The Balaban J connectivity index is 2.72. The zero-order chi connectivity index (χ0) is 14.4. The standard InChI is InChI=1S/C14H18INO3/c1-10(2)16(8-7-14(18)19)13(17)9-11-5-3-4-6-12(11)15/h3-6,10H,7-9H2,1-2H3,(H,18,19). The highest BCUT2D eigenvalue weighted by molar-refractivity contribution is 14.1. The molecule has 0 heterocycles. The second kappa shape index (κ2) is 7.47. The molecule has 0 aromatic heterocycles. The molecule has 1 amide bonds. The topological polar surface area (TPSA) is 57.6 Å². The molecule has 0 unspecified atom stereocenters. The van der Waals surface area contributed by atoms with Crippen LogP contribution in [-0.2, 0) is 16.0 Å². The van der Waals surface area contributed by atoms with E-state index in [4.69, 9.17) is 5.11 Å².